The number of ether oxygens (including phenoxy) is 2. The summed E-state index contributed by atoms with van der Waals surface area (Å²) >= 11 is 0. The molecule has 2 N–H and O–H groups in total. The second-order valence-electron chi connectivity index (χ2n) is 7.45. The number of hydrogen-bond donors (Lipinski definition) is 2. The molecule has 0 aromatic carbocycles. The molecule has 2 fully saturated rings. The van der Waals surface area contributed by atoms with Crippen LogP contribution in [0.3, 0.4) is 0 Å². The van der Waals surface area contributed by atoms with Crippen molar-refractivity contribution in [1.82, 2.24) is 19.5 Å². The summed E-state index contributed by atoms with van der Waals surface area (Å²) in [7, 11) is -4.30. The molecular formula is C18H24N5O8P. The summed E-state index contributed by atoms with van der Waals surface area (Å²) in [6.07, 6.45) is 0.639. The maximum absolute atomic E-state index is 12.3. The van der Waals surface area contributed by atoms with Crippen molar-refractivity contribution in [3.63, 3.8) is 0 Å². The molecule has 14 heteroatoms. The molecule has 2 aromatic heterocycles. The highest BCUT2D eigenvalue weighted by Crippen LogP contribution is 2.53. The number of amides is 1. The van der Waals surface area contributed by atoms with Crippen LogP contribution in [0.5, 0.6) is 0 Å². The lowest BCUT2D eigenvalue weighted by Gasteiger charge is -2.29. The number of fused-ring (bicyclic) bond motifs is 2. The lowest BCUT2D eigenvalue weighted by atomic mass is 10.1. The van der Waals surface area contributed by atoms with Gasteiger partial charge >= 0.3 is 13.8 Å². The van der Waals surface area contributed by atoms with Gasteiger partial charge in [0.05, 0.1) is 12.9 Å². The van der Waals surface area contributed by atoms with Crippen LogP contribution in [-0.4, -0.2) is 61.2 Å². The Morgan fingerprint density at radius 3 is 2.81 bits per heavy atom. The Balaban J connectivity index is 1.68. The maximum Gasteiger partial charge on any atom is 0.472 e. The molecule has 0 bridgehead atoms. The Kier molecular flexibility index (Phi) is 6.54. The fraction of sp³-hybridized carbons (Fsp3) is 0.611. The van der Waals surface area contributed by atoms with Crippen LogP contribution in [0.15, 0.2) is 12.7 Å². The quantitative estimate of drug-likeness (QED) is 0.448. The van der Waals surface area contributed by atoms with E-state index in [2.05, 4.69) is 20.3 Å². The first-order chi connectivity index (χ1) is 15.3. The van der Waals surface area contributed by atoms with Gasteiger partial charge in [0.15, 0.2) is 29.3 Å². The van der Waals surface area contributed by atoms with E-state index in [0.717, 1.165) is 0 Å². The van der Waals surface area contributed by atoms with Gasteiger partial charge in [-0.2, -0.15) is 0 Å². The van der Waals surface area contributed by atoms with E-state index in [0.29, 0.717) is 30.4 Å². The summed E-state index contributed by atoms with van der Waals surface area (Å²) in [4.78, 5) is 46.7. The number of hydrogen-bond acceptors (Lipinski definition) is 10. The number of imidazole rings is 1. The van der Waals surface area contributed by atoms with E-state index in [1.165, 1.54) is 17.2 Å². The third kappa shape index (κ3) is 4.52. The van der Waals surface area contributed by atoms with Crippen molar-refractivity contribution >= 4 is 36.7 Å². The van der Waals surface area contributed by atoms with Gasteiger partial charge in [0.1, 0.15) is 18.5 Å². The summed E-state index contributed by atoms with van der Waals surface area (Å²) in [5.41, 5.74) is 0.638. The Hall–Kier alpha value is -2.44. The first kappa shape index (κ1) is 22.7. The second-order valence-corrected chi connectivity index (χ2v) is 8.85. The maximum atomic E-state index is 12.3. The second kappa shape index (κ2) is 9.20. The van der Waals surface area contributed by atoms with Gasteiger partial charge in [0.25, 0.3) is 0 Å². The average Bonchev–Trinajstić information content (AvgIpc) is 3.30. The van der Waals surface area contributed by atoms with Crippen LogP contribution < -0.4 is 5.32 Å². The van der Waals surface area contributed by atoms with E-state index in [-0.39, 0.29) is 24.8 Å². The number of aromatic nitrogens is 4. The molecule has 32 heavy (non-hydrogen) atoms. The van der Waals surface area contributed by atoms with Gasteiger partial charge < -0.3 is 19.7 Å². The summed E-state index contributed by atoms with van der Waals surface area (Å²) in [5.74, 6) is -0.469. The van der Waals surface area contributed by atoms with Crippen LogP contribution in [-0.2, 0) is 32.7 Å². The molecular weight excluding hydrogens is 445 g/mol. The number of nitrogens with one attached hydrogen (secondary N) is 1. The molecule has 5 atom stereocenters. The lowest BCUT2D eigenvalue weighted by molar-refractivity contribution is -0.158. The van der Waals surface area contributed by atoms with Crippen molar-refractivity contribution in [3.8, 4) is 0 Å². The molecule has 1 amide bonds. The van der Waals surface area contributed by atoms with Crippen molar-refractivity contribution in [2.75, 3.05) is 11.9 Å². The highest BCUT2D eigenvalue weighted by atomic mass is 31.2. The molecule has 0 radical (unpaired) electrons. The monoisotopic (exact) mass is 469 g/mol. The van der Waals surface area contributed by atoms with E-state index in [1.807, 2.05) is 13.8 Å². The molecule has 2 aliphatic rings. The van der Waals surface area contributed by atoms with E-state index in [4.69, 9.17) is 18.5 Å². The molecule has 2 saturated heterocycles. The van der Waals surface area contributed by atoms with Gasteiger partial charge in [-0.25, -0.2) is 19.5 Å². The van der Waals surface area contributed by atoms with Crippen molar-refractivity contribution in [1.29, 1.82) is 0 Å². The molecule has 174 valence electrons. The van der Waals surface area contributed by atoms with E-state index in [1.54, 1.807) is 0 Å². The van der Waals surface area contributed by atoms with Crippen LogP contribution >= 0.6 is 7.82 Å². The first-order valence-corrected chi connectivity index (χ1v) is 11.8. The number of phosphoric ester groups is 1. The Bertz CT molecular complexity index is 1060. The van der Waals surface area contributed by atoms with E-state index in [9.17, 15) is 19.0 Å². The van der Waals surface area contributed by atoms with Crippen LogP contribution in [0.2, 0.25) is 0 Å². The highest BCUT2D eigenvalue weighted by Gasteiger charge is 2.55. The summed E-state index contributed by atoms with van der Waals surface area (Å²) in [6, 6.07) is 0. The predicted octanol–water partition coefficient (Wildman–Crippen LogP) is 1.69. The first-order valence-electron chi connectivity index (χ1n) is 10.3. The van der Waals surface area contributed by atoms with E-state index < -0.39 is 38.3 Å². The third-order valence-corrected chi connectivity index (χ3v) is 6.02. The van der Waals surface area contributed by atoms with Crippen LogP contribution in [0.4, 0.5) is 5.82 Å². The van der Waals surface area contributed by atoms with Crippen LogP contribution in [0, 0.1) is 0 Å². The van der Waals surface area contributed by atoms with Gasteiger partial charge in [-0.3, -0.25) is 23.2 Å². The standard InChI is InChI=1S/C18H24N5O8P/c1-3-5-11(24)22-16-13-17(20-8-19-16)23(9-21-13)18-15(30-12(25)6-4-2)14-10(29-18)7-28-32(26,27)31-14/h8-10,14-15,18H,3-7H2,1-2H3,(H,26,27)(H,19,20,22,24)/t10?,14-,15?,18?/m1/s1. The average molecular weight is 469 g/mol. The van der Waals surface area contributed by atoms with Gasteiger partial charge in [-0.05, 0) is 12.8 Å². The Labute approximate surface area is 183 Å². The number of esters is 1. The zero-order valence-electron chi connectivity index (χ0n) is 17.5. The van der Waals surface area contributed by atoms with Crippen LogP contribution in [0.1, 0.15) is 45.8 Å². The molecule has 4 rings (SSSR count). The van der Waals surface area contributed by atoms with Crippen molar-refractivity contribution in [3.05, 3.63) is 12.7 Å². The SMILES string of the molecule is CCCC(=O)Nc1ncnc2c1ncn2C1OC2COP(=O)(O)O[C@H]2C1OC(=O)CCC. The Morgan fingerprint density at radius 2 is 2.06 bits per heavy atom. The lowest BCUT2D eigenvalue weighted by Crippen LogP contribution is -2.41. The van der Waals surface area contributed by atoms with Crippen LogP contribution in [0.25, 0.3) is 11.2 Å². The highest BCUT2D eigenvalue weighted by molar-refractivity contribution is 7.47. The topological polar surface area (TPSA) is 164 Å². The summed E-state index contributed by atoms with van der Waals surface area (Å²) < 4.78 is 35.1. The smallest absolute Gasteiger partial charge is 0.455 e. The fourth-order valence-electron chi connectivity index (χ4n) is 3.64. The number of anilines is 1. The minimum atomic E-state index is -4.30. The van der Waals surface area contributed by atoms with Gasteiger partial charge in [-0.1, -0.05) is 13.8 Å². The molecule has 2 aromatic rings. The van der Waals surface area contributed by atoms with Crippen molar-refractivity contribution < 1.29 is 37.6 Å². The molecule has 2 aliphatic heterocycles. The number of nitrogens with zero attached hydrogens (tertiary/aromatic N) is 4. The molecule has 0 aliphatic carbocycles. The number of phosphoric acid groups is 1. The van der Waals surface area contributed by atoms with Crippen molar-refractivity contribution in [2.45, 2.75) is 64.1 Å². The third-order valence-electron chi connectivity index (χ3n) is 5.03. The minimum Gasteiger partial charge on any atom is -0.455 e. The molecule has 4 heterocycles. The zero-order valence-corrected chi connectivity index (χ0v) is 18.4. The minimum absolute atomic E-state index is 0.161. The van der Waals surface area contributed by atoms with Crippen molar-refractivity contribution in [2.24, 2.45) is 0 Å². The normalized spacial score (nSPS) is 29.6. The molecule has 0 saturated carbocycles. The largest absolute Gasteiger partial charge is 0.472 e. The van der Waals surface area contributed by atoms with E-state index >= 15 is 0 Å². The Morgan fingerprint density at radius 1 is 1.28 bits per heavy atom. The number of carbonyl (C=O) groups is 2. The summed E-state index contributed by atoms with van der Waals surface area (Å²) in [5, 5.41) is 2.70. The van der Waals surface area contributed by atoms with Gasteiger partial charge in [-0.15, -0.1) is 0 Å². The molecule has 0 spiro atoms. The van der Waals surface area contributed by atoms with Gasteiger partial charge in [0, 0.05) is 12.8 Å². The molecule has 4 unspecified atom stereocenters. The number of carbonyl (C=O) groups excluding carboxylic acids is 2. The predicted molar refractivity (Wildman–Crippen MR) is 108 cm³/mol. The fourth-order valence-corrected chi connectivity index (χ4v) is 4.60. The van der Waals surface area contributed by atoms with Gasteiger partial charge in [0.2, 0.25) is 5.91 Å². The molecule has 13 nitrogen and oxygen atoms in total. The summed E-state index contributed by atoms with van der Waals surface area (Å²) in [6.45, 7) is 3.50. The zero-order chi connectivity index (χ0) is 22.9. The number of rotatable bonds is 7.